The molecule has 0 aliphatic carbocycles. The summed E-state index contributed by atoms with van der Waals surface area (Å²) in [5.74, 6) is 2.70. The topological polar surface area (TPSA) is 52.4 Å². The van der Waals surface area contributed by atoms with Gasteiger partial charge >= 0.3 is 0 Å². The van der Waals surface area contributed by atoms with E-state index < -0.39 is 0 Å². The molecule has 0 saturated carbocycles. The normalized spacial score (nSPS) is 9.80. The summed E-state index contributed by atoms with van der Waals surface area (Å²) in [5.41, 5.74) is 7.43. The molecule has 5 rings (SSSR count). The number of aryl methyl sites for hydroxylation is 5. The Morgan fingerprint density at radius 2 is 1.11 bits per heavy atom. The molecule has 0 unspecified atom stereocenters. The fraction of sp³-hybridized carbons (Fsp3) is 0.333. The number of benzene rings is 4. The van der Waals surface area contributed by atoms with Gasteiger partial charge < -0.3 is 14.4 Å². The summed E-state index contributed by atoms with van der Waals surface area (Å²) in [7, 11) is 5.76. The fourth-order valence-electron chi connectivity index (χ4n) is 3.77. The molecule has 5 aromatic rings. The van der Waals surface area contributed by atoms with Crippen molar-refractivity contribution in [2.24, 2.45) is 0 Å². The van der Waals surface area contributed by atoms with Crippen molar-refractivity contribution in [2.75, 3.05) is 32.7 Å². The van der Waals surface area contributed by atoms with E-state index in [9.17, 15) is 0 Å². The van der Waals surface area contributed by atoms with Gasteiger partial charge in [-0.05, 0) is 77.4 Å². The summed E-state index contributed by atoms with van der Waals surface area (Å²) in [5, 5.41) is 4.33. The predicted octanol–water partition coefficient (Wildman–Crippen LogP) is 9.51. The SMILES string of the molecule is CCCCOc1ccc(C)cc1.CCn1cnc(-c2ccc(C)cc2)n1.COc1ccc(C)cc1.Cc1ccc(N(C)C)cc1. The zero-order valence-corrected chi connectivity index (χ0v) is 28.7. The van der Waals surface area contributed by atoms with Crippen molar-refractivity contribution in [3.8, 4) is 22.9 Å². The summed E-state index contributed by atoms with van der Waals surface area (Å²) >= 11 is 0. The maximum absolute atomic E-state index is 5.50. The molecule has 0 aliphatic heterocycles. The van der Waals surface area contributed by atoms with E-state index in [-0.39, 0.29) is 0 Å². The molecule has 0 spiro atoms. The molecule has 45 heavy (non-hydrogen) atoms. The minimum absolute atomic E-state index is 0.798. The molecule has 0 amide bonds. The Hall–Kier alpha value is -4.58. The van der Waals surface area contributed by atoms with Crippen molar-refractivity contribution in [2.45, 2.75) is 60.9 Å². The smallest absolute Gasteiger partial charge is 0.181 e. The van der Waals surface area contributed by atoms with Crippen LogP contribution in [0.4, 0.5) is 5.69 Å². The molecule has 1 heterocycles. The number of hydrogen-bond donors (Lipinski definition) is 0. The Labute approximate surface area is 271 Å². The second-order valence-corrected chi connectivity index (χ2v) is 11.1. The van der Waals surface area contributed by atoms with E-state index in [0.717, 1.165) is 42.5 Å². The van der Waals surface area contributed by atoms with Gasteiger partial charge in [0.15, 0.2) is 5.82 Å². The Bertz CT molecular complexity index is 1460. The average Bonchev–Trinajstić information content (AvgIpc) is 3.54. The largest absolute Gasteiger partial charge is 0.497 e. The molecule has 0 N–H and O–H groups in total. The summed E-state index contributed by atoms with van der Waals surface area (Å²) < 4.78 is 12.3. The van der Waals surface area contributed by atoms with Gasteiger partial charge in [0.2, 0.25) is 0 Å². The quantitative estimate of drug-likeness (QED) is 0.164. The molecule has 0 radical (unpaired) electrons. The Balaban J connectivity index is 0.000000212. The molecule has 0 saturated heterocycles. The minimum Gasteiger partial charge on any atom is -0.497 e. The molecular formula is C39H52N4O2. The average molecular weight is 609 g/mol. The minimum atomic E-state index is 0.798. The molecule has 0 bridgehead atoms. The van der Waals surface area contributed by atoms with Gasteiger partial charge in [0.1, 0.15) is 17.8 Å². The van der Waals surface area contributed by atoms with Crippen LogP contribution in [0.2, 0.25) is 0 Å². The summed E-state index contributed by atoms with van der Waals surface area (Å²) in [4.78, 5) is 6.34. The van der Waals surface area contributed by atoms with Gasteiger partial charge in [-0.15, -0.1) is 0 Å². The number of anilines is 1. The molecule has 1 aromatic heterocycles. The first-order chi connectivity index (χ1) is 21.6. The lowest BCUT2D eigenvalue weighted by atomic mass is 10.1. The van der Waals surface area contributed by atoms with Crippen molar-refractivity contribution in [3.63, 3.8) is 0 Å². The van der Waals surface area contributed by atoms with Crippen molar-refractivity contribution < 1.29 is 9.47 Å². The number of unbranched alkanes of at least 4 members (excludes halogenated alkanes) is 1. The zero-order valence-electron chi connectivity index (χ0n) is 28.7. The molecule has 240 valence electrons. The first-order valence-electron chi connectivity index (χ1n) is 15.7. The Morgan fingerprint density at radius 1 is 0.644 bits per heavy atom. The third-order valence-electron chi connectivity index (χ3n) is 6.76. The molecular weight excluding hydrogens is 556 g/mol. The van der Waals surface area contributed by atoms with E-state index in [1.54, 1.807) is 13.4 Å². The van der Waals surface area contributed by atoms with Gasteiger partial charge in [-0.25, -0.2) is 4.98 Å². The lowest BCUT2D eigenvalue weighted by Gasteiger charge is -2.11. The predicted molar refractivity (Wildman–Crippen MR) is 191 cm³/mol. The van der Waals surface area contributed by atoms with E-state index in [2.05, 4.69) is 98.1 Å². The highest BCUT2D eigenvalue weighted by molar-refractivity contribution is 5.54. The van der Waals surface area contributed by atoms with Gasteiger partial charge in [0, 0.05) is 31.9 Å². The molecule has 6 nitrogen and oxygen atoms in total. The number of ether oxygens (including phenoxy) is 2. The van der Waals surface area contributed by atoms with Gasteiger partial charge in [-0.3, -0.25) is 4.68 Å². The van der Waals surface area contributed by atoms with E-state index in [1.807, 2.05) is 74.2 Å². The lowest BCUT2D eigenvalue weighted by molar-refractivity contribution is 0.309. The highest BCUT2D eigenvalue weighted by atomic mass is 16.5. The van der Waals surface area contributed by atoms with E-state index in [4.69, 9.17) is 9.47 Å². The standard InChI is InChI=1S/C11H13N3.C11H16O.C9H13N.C8H10O/c1-3-14-8-12-11(13-14)10-6-4-9(2)5-7-10;1-3-4-9-12-11-7-5-10(2)6-8-11;1-8-4-6-9(7-5-8)10(2)3;1-7-3-5-8(9-2)6-4-7/h4-8H,3H2,1-2H3;5-8H,3-4,9H2,1-2H3;4-7H,1-3H3;3-6H,1-2H3. The molecule has 0 aliphatic rings. The second-order valence-electron chi connectivity index (χ2n) is 11.1. The monoisotopic (exact) mass is 608 g/mol. The Morgan fingerprint density at radius 3 is 1.53 bits per heavy atom. The van der Waals surface area contributed by atoms with E-state index in [0.29, 0.717) is 0 Å². The third-order valence-corrected chi connectivity index (χ3v) is 6.76. The van der Waals surface area contributed by atoms with Crippen LogP contribution < -0.4 is 14.4 Å². The highest BCUT2D eigenvalue weighted by Gasteiger charge is 2.02. The van der Waals surface area contributed by atoms with E-state index >= 15 is 0 Å². The van der Waals surface area contributed by atoms with Crippen molar-refractivity contribution in [1.82, 2.24) is 14.8 Å². The van der Waals surface area contributed by atoms with Crippen LogP contribution in [0.25, 0.3) is 11.4 Å². The molecule has 6 heteroatoms. The Kier molecular flexibility index (Phi) is 16.6. The summed E-state index contributed by atoms with van der Waals surface area (Å²) in [6.45, 7) is 14.2. The molecule has 4 aromatic carbocycles. The molecule has 0 atom stereocenters. The third kappa shape index (κ3) is 14.6. The van der Waals surface area contributed by atoms with Gasteiger partial charge in [0.05, 0.1) is 13.7 Å². The number of hydrogen-bond acceptors (Lipinski definition) is 5. The maximum Gasteiger partial charge on any atom is 0.181 e. The number of nitrogens with zero attached hydrogens (tertiary/aromatic N) is 4. The lowest BCUT2D eigenvalue weighted by Crippen LogP contribution is -2.07. The van der Waals surface area contributed by atoms with Crippen LogP contribution in [-0.2, 0) is 6.54 Å². The van der Waals surface area contributed by atoms with Gasteiger partial charge in [0.25, 0.3) is 0 Å². The second kappa shape index (κ2) is 20.4. The number of methoxy groups -OCH3 is 1. The van der Waals surface area contributed by atoms with Crippen LogP contribution in [0.3, 0.4) is 0 Å². The van der Waals surface area contributed by atoms with Crippen LogP contribution >= 0.6 is 0 Å². The van der Waals surface area contributed by atoms with Gasteiger partial charge in [-0.2, -0.15) is 5.10 Å². The van der Waals surface area contributed by atoms with Crippen molar-refractivity contribution >= 4 is 5.69 Å². The van der Waals surface area contributed by atoms with Crippen LogP contribution in [-0.4, -0.2) is 42.6 Å². The first-order valence-corrected chi connectivity index (χ1v) is 15.7. The van der Waals surface area contributed by atoms with Crippen molar-refractivity contribution in [3.05, 3.63) is 126 Å². The maximum atomic E-state index is 5.50. The van der Waals surface area contributed by atoms with Crippen LogP contribution in [0.1, 0.15) is 48.9 Å². The summed E-state index contributed by atoms with van der Waals surface area (Å²) in [6, 6.07) is 32.9. The van der Waals surface area contributed by atoms with Crippen LogP contribution in [0.15, 0.2) is 103 Å². The summed E-state index contributed by atoms with van der Waals surface area (Å²) in [6.07, 6.45) is 4.08. The van der Waals surface area contributed by atoms with Crippen LogP contribution in [0, 0.1) is 27.7 Å². The van der Waals surface area contributed by atoms with Crippen molar-refractivity contribution in [1.29, 1.82) is 0 Å². The first kappa shape index (κ1) is 36.6. The van der Waals surface area contributed by atoms with Gasteiger partial charge in [-0.1, -0.05) is 96.3 Å². The van der Waals surface area contributed by atoms with Crippen LogP contribution in [0.5, 0.6) is 11.5 Å². The molecule has 0 fully saturated rings. The number of aromatic nitrogens is 3. The highest BCUT2D eigenvalue weighted by Crippen LogP contribution is 2.15. The number of rotatable bonds is 8. The fourth-order valence-corrected chi connectivity index (χ4v) is 3.77. The van der Waals surface area contributed by atoms with E-state index in [1.165, 1.54) is 34.4 Å². The zero-order chi connectivity index (χ0) is 33.0.